The van der Waals surface area contributed by atoms with Crippen molar-refractivity contribution in [1.82, 2.24) is 9.88 Å². The maximum Gasteiger partial charge on any atom is 0.251 e. The molecule has 2 aliphatic rings. The molecule has 3 heterocycles. The number of aromatic nitrogens is 1. The van der Waals surface area contributed by atoms with Gasteiger partial charge in [-0.05, 0) is 92.7 Å². The summed E-state index contributed by atoms with van der Waals surface area (Å²) in [4.78, 5) is 34.6. The molecule has 4 aromatic rings. The summed E-state index contributed by atoms with van der Waals surface area (Å²) in [7, 11) is 0. The van der Waals surface area contributed by atoms with Gasteiger partial charge in [0.15, 0.2) is 0 Å². The summed E-state index contributed by atoms with van der Waals surface area (Å²) in [5, 5.41) is 0.942. The minimum atomic E-state index is -0.345. The molecule has 1 aromatic heterocycles. The van der Waals surface area contributed by atoms with Crippen molar-refractivity contribution in [2.75, 3.05) is 18.0 Å². The molecule has 0 bridgehead atoms. The number of fused-ring (bicyclic) bond motifs is 1. The van der Waals surface area contributed by atoms with Crippen LogP contribution in [0.1, 0.15) is 30.4 Å². The molecule has 2 fully saturated rings. The van der Waals surface area contributed by atoms with Crippen molar-refractivity contribution < 1.29 is 9.59 Å². The third-order valence-corrected chi connectivity index (χ3v) is 8.56. The van der Waals surface area contributed by atoms with Crippen molar-refractivity contribution in [2.24, 2.45) is 5.92 Å². The first-order chi connectivity index (χ1) is 17.5. The van der Waals surface area contributed by atoms with Gasteiger partial charge in [0.1, 0.15) is 5.01 Å². The van der Waals surface area contributed by atoms with Gasteiger partial charge in [-0.1, -0.05) is 36.4 Å². The first kappa shape index (κ1) is 23.1. The van der Waals surface area contributed by atoms with E-state index in [4.69, 9.17) is 4.98 Å². The highest BCUT2D eigenvalue weighted by Crippen LogP contribution is 2.34. The van der Waals surface area contributed by atoms with E-state index in [1.807, 2.05) is 30.3 Å². The number of carbonyl (C=O) groups excluding carboxylic acids is 2. The molecule has 6 heteroatoms. The number of rotatable bonds is 5. The molecule has 3 aromatic carbocycles. The predicted octanol–water partition coefficient (Wildman–Crippen LogP) is 5.86. The Morgan fingerprint density at radius 3 is 2.44 bits per heavy atom. The van der Waals surface area contributed by atoms with Crippen LogP contribution in [0.3, 0.4) is 0 Å². The molecule has 0 saturated carbocycles. The van der Waals surface area contributed by atoms with Gasteiger partial charge in [-0.2, -0.15) is 0 Å². The molecular weight excluding hydrogens is 466 g/mol. The van der Waals surface area contributed by atoms with Crippen LogP contribution >= 0.6 is 11.3 Å². The number of nitrogens with zero attached hydrogens (tertiary/aromatic N) is 3. The zero-order chi connectivity index (χ0) is 24.6. The molecule has 0 N–H and O–H groups in total. The first-order valence-electron chi connectivity index (χ1n) is 12.7. The molecule has 2 aliphatic heterocycles. The quantitative estimate of drug-likeness (QED) is 0.326. The van der Waals surface area contributed by atoms with E-state index >= 15 is 0 Å². The number of amides is 2. The fraction of sp³-hybridized carbons (Fsp3) is 0.300. The zero-order valence-electron chi connectivity index (χ0n) is 20.4. The third kappa shape index (κ3) is 4.47. The number of hydrogen-bond donors (Lipinski definition) is 0. The molecule has 182 valence electrons. The van der Waals surface area contributed by atoms with Crippen LogP contribution in [0.15, 0.2) is 72.8 Å². The Bertz CT molecular complexity index is 1410. The van der Waals surface area contributed by atoms with E-state index in [2.05, 4.69) is 54.3 Å². The Labute approximate surface area is 215 Å². The number of benzene rings is 3. The molecule has 6 rings (SSSR count). The topological polar surface area (TPSA) is 53.5 Å². The Balaban J connectivity index is 1.12. The lowest BCUT2D eigenvalue weighted by molar-refractivity contribution is -0.123. The predicted molar refractivity (Wildman–Crippen MR) is 145 cm³/mol. The van der Waals surface area contributed by atoms with Crippen LogP contribution in [-0.4, -0.2) is 40.8 Å². The average Bonchev–Trinajstić information content (AvgIpc) is 3.45. The lowest BCUT2D eigenvalue weighted by Crippen LogP contribution is -2.46. The highest BCUT2D eigenvalue weighted by Gasteiger charge is 2.43. The fourth-order valence-corrected chi connectivity index (χ4v) is 6.57. The molecule has 0 radical (unpaired) electrons. The zero-order valence-corrected chi connectivity index (χ0v) is 21.2. The summed E-state index contributed by atoms with van der Waals surface area (Å²) in [6, 6.07) is 24.2. The number of likely N-dealkylation sites (tertiary alicyclic amines) is 1. The number of thiazole rings is 1. The lowest BCUT2D eigenvalue weighted by atomic mass is 9.89. The Morgan fingerprint density at radius 2 is 1.69 bits per heavy atom. The Hall–Kier alpha value is -3.35. The third-order valence-electron chi connectivity index (χ3n) is 7.50. The van der Waals surface area contributed by atoms with Crippen LogP contribution in [-0.2, 0) is 16.0 Å². The SMILES string of the molecule is Cc1ccc2nc(-c3ccc(N4C(=O)CC(N5CCC(Cc6ccccc6)CC5)C4=O)cc3)sc2c1. The molecule has 2 amide bonds. The highest BCUT2D eigenvalue weighted by molar-refractivity contribution is 7.21. The fourth-order valence-electron chi connectivity index (χ4n) is 5.50. The number of hydrogen-bond acceptors (Lipinski definition) is 5. The van der Waals surface area contributed by atoms with Crippen LogP contribution in [0.25, 0.3) is 20.8 Å². The summed E-state index contributed by atoms with van der Waals surface area (Å²) in [6.07, 6.45) is 3.46. The minimum absolute atomic E-state index is 0.0929. The van der Waals surface area contributed by atoms with Crippen molar-refractivity contribution >= 4 is 39.1 Å². The summed E-state index contributed by atoms with van der Waals surface area (Å²) in [5.74, 6) is 0.426. The maximum absolute atomic E-state index is 13.3. The minimum Gasteiger partial charge on any atom is -0.292 e. The normalized spacial score (nSPS) is 19.5. The van der Waals surface area contributed by atoms with Crippen LogP contribution in [0.4, 0.5) is 5.69 Å². The van der Waals surface area contributed by atoms with Gasteiger partial charge in [0.25, 0.3) is 5.91 Å². The van der Waals surface area contributed by atoms with Crippen molar-refractivity contribution in [1.29, 1.82) is 0 Å². The Kier molecular flexibility index (Phi) is 6.15. The van der Waals surface area contributed by atoms with E-state index in [9.17, 15) is 9.59 Å². The van der Waals surface area contributed by atoms with Crippen molar-refractivity contribution in [3.63, 3.8) is 0 Å². The molecule has 0 aliphatic carbocycles. The van der Waals surface area contributed by atoms with Gasteiger partial charge in [-0.3, -0.25) is 14.5 Å². The smallest absolute Gasteiger partial charge is 0.251 e. The maximum atomic E-state index is 13.3. The van der Waals surface area contributed by atoms with Crippen LogP contribution in [0.2, 0.25) is 0 Å². The van der Waals surface area contributed by atoms with Crippen LogP contribution in [0, 0.1) is 12.8 Å². The van der Waals surface area contributed by atoms with Crippen LogP contribution in [0.5, 0.6) is 0 Å². The molecule has 5 nitrogen and oxygen atoms in total. The van der Waals surface area contributed by atoms with Crippen molar-refractivity contribution in [2.45, 2.75) is 38.6 Å². The van der Waals surface area contributed by atoms with Gasteiger partial charge >= 0.3 is 0 Å². The first-order valence-corrected chi connectivity index (χ1v) is 13.5. The van der Waals surface area contributed by atoms with Gasteiger partial charge in [0.2, 0.25) is 5.91 Å². The number of piperidine rings is 1. The van der Waals surface area contributed by atoms with Gasteiger partial charge in [0.05, 0.1) is 28.4 Å². The largest absolute Gasteiger partial charge is 0.292 e. The second kappa shape index (κ2) is 9.60. The second-order valence-corrected chi connectivity index (χ2v) is 11.0. The average molecular weight is 496 g/mol. The molecule has 2 saturated heterocycles. The van der Waals surface area contributed by atoms with E-state index in [0.717, 1.165) is 53.1 Å². The number of carbonyl (C=O) groups is 2. The van der Waals surface area contributed by atoms with Gasteiger partial charge in [-0.25, -0.2) is 9.88 Å². The van der Waals surface area contributed by atoms with Gasteiger partial charge < -0.3 is 0 Å². The monoisotopic (exact) mass is 495 g/mol. The lowest BCUT2D eigenvalue weighted by Gasteiger charge is -2.34. The van der Waals surface area contributed by atoms with Crippen LogP contribution < -0.4 is 4.90 Å². The number of anilines is 1. The summed E-state index contributed by atoms with van der Waals surface area (Å²) in [5.41, 5.74) is 5.22. The summed E-state index contributed by atoms with van der Waals surface area (Å²) >= 11 is 1.66. The Morgan fingerprint density at radius 1 is 0.944 bits per heavy atom. The summed E-state index contributed by atoms with van der Waals surface area (Å²) in [6.45, 7) is 3.81. The summed E-state index contributed by atoms with van der Waals surface area (Å²) < 4.78 is 1.16. The molecule has 1 atom stereocenters. The molecule has 36 heavy (non-hydrogen) atoms. The van der Waals surface area contributed by atoms with E-state index < -0.39 is 0 Å². The highest BCUT2D eigenvalue weighted by atomic mass is 32.1. The van der Waals surface area contributed by atoms with E-state index in [0.29, 0.717) is 11.6 Å². The van der Waals surface area contributed by atoms with Gasteiger partial charge in [0, 0.05) is 5.56 Å². The van der Waals surface area contributed by atoms with E-state index in [-0.39, 0.29) is 24.3 Å². The molecule has 0 spiro atoms. The standard InChI is InChI=1S/C30H29N3O2S/c1-20-7-12-25-27(17-20)36-29(31-25)23-8-10-24(11-9-23)33-28(34)19-26(30(33)35)32-15-13-22(14-16-32)18-21-5-3-2-4-6-21/h2-12,17,22,26H,13-16,18-19H2,1H3. The van der Waals surface area contributed by atoms with E-state index in [1.54, 1.807) is 11.3 Å². The van der Waals surface area contributed by atoms with Crippen molar-refractivity contribution in [3.8, 4) is 10.6 Å². The molecular formula is C30H29N3O2S. The van der Waals surface area contributed by atoms with E-state index in [1.165, 1.54) is 16.0 Å². The van der Waals surface area contributed by atoms with Gasteiger partial charge in [-0.15, -0.1) is 11.3 Å². The second-order valence-electron chi connectivity index (χ2n) is 9.99. The molecule has 1 unspecified atom stereocenters. The number of imide groups is 1. The van der Waals surface area contributed by atoms with Crippen molar-refractivity contribution in [3.05, 3.63) is 83.9 Å². The number of aryl methyl sites for hydroxylation is 1.